The minimum atomic E-state index is -3.64. The van der Waals surface area contributed by atoms with Crippen molar-refractivity contribution >= 4 is 21.5 Å². The fourth-order valence-electron chi connectivity index (χ4n) is 3.31. The molecular weight excluding hydrogens is 384 g/mol. The molecule has 1 fully saturated rings. The van der Waals surface area contributed by atoms with E-state index in [9.17, 15) is 8.42 Å². The van der Waals surface area contributed by atoms with Crippen molar-refractivity contribution < 1.29 is 17.9 Å². The number of nitrogens with zero attached hydrogens (tertiary/aromatic N) is 6. The molecule has 0 aliphatic carbocycles. The Morgan fingerprint density at radius 3 is 2.71 bits per heavy atom. The molecule has 0 bridgehead atoms. The molecule has 146 valence electrons. The Balaban J connectivity index is 1.32. The fourth-order valence-corrected chi connectivity index (χ4v) is 4.66. The summed E-state index contributed by atoms with van der Waals surface area (Å²) in [6.45, 7) is 1.99. The van der Waals surface area contributed by atoms with E-state index in [4.69, 9.17) is 9.47 Å². The van der Waals surface area contributed by atoms with Gasteiger partial charge in [-0.2, -0.15) is 8.82 Å². The lowest BCUT2D eigenvalue weighted by Crippen LogP contribution is -2.60. The van der Waals surface area contributed by atoms with Crippen LogP contribution in [0.2, 0.25) is 0 Å². The first-order chi connectivity index (χ1) is 13.5. The number of rotatable bonds is 4. The first-order valence-electron chi connectivity index (χ1n) is 8.82. The van der Waals surface area contributed by atoms with Gasteiger partial charge in [0.15, 0.2) is 17.1 Å². The summed E-state index contributed by atoms with van der Waals surface area (Å²) in [6, 6.07) is 8.26. The van der Waals surface area contributed by atoms with Gasteiger partial charge in [-0.15, -0.1) is 15.3 Å². The lowest BCUT2D eigenvalue weighted by atomic mass is 10.1. The molecule has 0 unspecified atom stereocenters. The SMILES string of the molecule is CN(C1CN(c2ccc3nncn3n2)C1)S(=O)(=O)c1ccc2c(c1)OCCO2. The van der Waals surface area contributed by atoms with Crippen LogP contribution in [0, 0.1) is 0 Å². The summed E-state index contributed by atoms with van der Waals surface area (Å²) in [5.41, 5.74) is 0.666. The number of aromatic nitrogens is 4. The van der Waals surface area contributed by atoms with E-state index >= 15 is 0 Å². The maximum atomic E-state index is 13.0. The molecule has 2 aliphatic heterocycles. The smallest absolute Gasteiger partial charge is 0.243 e. The van der Waals surface area contributed by atoms with E-state index < -0.39 is 10.0 Å². The highest BCUT2D eigenvalue weighted by atomic mass is 32.2. The highest BCUT2D eigenvalue weighted by Crippen LogP contribution is 2.34. The number of likely N-dealkylation sites (N-methyl/N-ethyl adjacent to an activating group) is 1. The molecule has 4 heterocycles. The average Bonchev–Trinajstić information content (AvgIpc) is 3.14. The topological polar surface area (TPSA) is 102 Å². The number of ether oxygens (including phenoxy) is 2. The first kappa shape index (κ1) is 17.2. The molecule has 0 spiro atoms. The van der Waals surface area contributed by atoms with Crippen molar-refractivity contribution in [3.8, 4) is 11.5 Å². The quantitative estimate of drug-likeness (QED) is 0.618. The van der Waals surface area contributed by atoms with Gasteiger partial charge in [0.25, 0.3) is 0 Å². The van der Waals surface area contributed by atoms with E-state index in [1.165, 1.54) is 16.7 Å². The van der Waals surface area contributed by atoms with Crippen molar-refractivity contribution in [3.63, 3.8) is 0 Å². The molecule has 11 heteroatoms. The summed E-state index contributed by atoms with van der Waals surface area (Å²) in [5, 5.41) is 12.2. The zero-order chi connectivity index (χ0) is 19.3. The molecule has 3 aromatic rings. The molecule has 0 atom stereocenters. The summed E-state index contributed by atoms with van der Waals surface area (Å²) in [7, 11) is -2.04. The second-order valence-electron chi connectivity index (χ2n) is 6.71. The van der Waals surface area contributed by atoms with Crippen LogP contribution in [0.25, 0.3) is 5.65 Å². The monoisotopic (exact) mass is 402 g/mol. The summed E-state index contributed by atoms with van der Waals surface area (Å²) in [4.78, 5) is 2.21. The molecule has 2 aromatic heterocycles. The van der Waals surface area contributed by atoms with Crippen LogP contribution in [0.1, 0.15) is 0 Å². The predicted molar refractivity (Wildman–Crippen MR) is 99.2 cm³/mol. The number of hydrogen-bond donors (Lipinski definition) is 0. The van der Waals surface area contributed by atoms with Crippen molar-refractivity contribution in [3.05, 3.63) is 36.7 Å². The van der Waals surface area contributed by atoms with Gasteiger partial charge in [0.1, 0.15) is 25.4 Å². The van der Waals surface area contributed by atoms with E-state index in [0.29, 0.717) is 43.4 Å². The van der Waals surface area contributed by atoms with E-state index in [1.807, 2.05) is 17.0 Å². The second kappa shape index (κ2) is 6.31. The molecule has 1 saturated heterocycles. The third kappa shape index (κ3) is 2.74. The first-order valence-corrected chi connectivity index (χ1v) is 10.3. The highest BCUT2D eigenvalue weighted by Gasteiger charge is 2.37. The molecule has 2 aliphatic rings. The van der Waals surface area contributed by atoms with Crippen molar-refractivity contribution in [2.45, 2.75) is 10.9 Å². The van der Waals surface area contributed by atoms with Crippen LogP contribution in [0.5, 0.6) is 11.5 Å². The Labute approximate surface area is 161 Å². The maximum Gasteiger partial charge on any atom is 0.243 e. The third-order valence-corrected chi connectivity index (χ3v) is 6.94. The minimum Gasteiger partial charge on any atom is -0.486 e. The van der Waals surface area contributed by atoms with Gasteiger partial charge in [0.2, 0.25) is 10.0 Å². The number of sulfonamides is 1. The van der Waals surface area contributed by atoms with Crippen LogP contribution < -0.4 is 14.4 Å². The third-order valence-electron chi connectivity index (χ3n) is 5.04. The maximum absolute atomic E-state index is 13.0. The van der Waals surface area contributed by atoms with Gasteiger partial charge in [-0.05, 0) is 24.3 Å². The Hall–Kier alpha value is -2.92. The van der Waals surface area contributed by atoms with Gasteiger partial charge in [0, 0.05) is 26.2 Å². The summed E-state index contributed by atoms with van der Waals surface area (Å²) < 4.78 is 40.0. The summed E-state index contributed by atoms with van der Waals surface area (Å²) >= 11 is 0. The number of anilines is 1. The molecule has 10 nitrogen and oxygen atoms in total. The van der Waals surface area contributed by atoms with Crippen LogP contribution in [-0.4, -0.2) is 71.9 Å². The van der Waals surface area contributed by atoms with Gasteiger partial charge < -0.3 is 14.4 Å². The summed E-state index contributed by atoms with van der Waals surface area (Å²) in [6.07, 6.45) is 1.54. The van der Waals surface area contributed by atoms with E-state index in [0.717, 1.165) is 5.82 Å². The Bertz CT molecular complexity index is 1140. The van der Waals surface area contributed by atoms with Crippen molar-refractivity contribution in [1.82, 2.24) is 24.1 Å². The molecule has 28 heavy (non-hydrogen) atoms. The predicted octanol–water partition coefficient (Wildman–Crippen LogP) is 0.405. The molecule has 0 amide bonds. The number of benzene rings is 1. The van der Waals surface area contributed by atoms with Gasteiger partial charge in [0.05, 0.1) is 10.9 Å². The molecule has 1 aromatic carbocycles. The molecule has 0 N–H and O–H groups in total. The van der Waals surface area contributed by atoms with Crippen LogP contribution in [-0.2, 0) is 10.0 Å². The van der Waals surface area contributed by atoms with Crippen molar-refractivity contribution in [2.24, 2.45) is 0 Å². The molecule has 0 saturated carbocycles. The Morgan fingerprint density at radius 2 is 1.89 bits per heavy atom. The molecule has 5 rings (SSSR count). The molecular formula is C17H18N6O4S. The van der Waals surface area contributed by atoms with Crippen LogP contribution >= 0.6 is 0 Å². The Kier molecular flexibility index (Phi) is 3.88. The van der Waals surface area contributed by atoms with Gasteiger partial charge in [-0.25, -0.2) is 8.42 Å². The standard InChI is InChI=1S/C17H18N6O4S/c1-21(28(24,25)13-2-3-14-15(8-13)27-7-6-26-14)12-9-22(10-12)17-5-4-16-19-18-11-23(16)20-17/h2-5,8,11-12H,6-7,9-10H2,1H3. The highest BCUT2D eigenvalue weighted by molar-refractivity contribution is 7.89. The zero-order valence-electron chi connectivity index (χ0n) is 15.1. The summed E-state index contributed by atoms with van der Waals surface area (Å²) in [5.74, 6) is 1.79. The molecule has 0 radical (unpaired) electrons. The minimum absolute atomic E-state index is 0.142. The Morgan fingerprint density at radius 1 is 1.11 bits per heavy atom. The van der Waals surface area contributed by atoms with E-state index in [2.05, 4.69) is 15.3 Å². The normalized spacial score (nSPS) is 17.1. The van der Waals surface area contributed by atoms with Gasteiger partial charge in [-0.3, -0.25) is 0 Å². The van der Waals surface area contributed by atoms with Crippen LogP contribution in [0.4, 0.5) is 5.82 Å². The van der Waals surface area contributed by atoms with Crippen LogP contribution in [0.3, 0.4) is 0 Å². The van der Waals surface area contributed by atoms with E-state index in [1.54, 1.807) is 23.7 Å². The average molecular weight is 402 g/mol. The second-order valence-corrected chi connectivity index (χ2v) is 8.71. The zero-order valence-corrected chi connectivity index (χ0v) is 15.9. The number of fused-ring (bicyclic) bond motifs is 2. The van der Waals surface area contributed by atoms with Gasteiger partial charge >= 0.3 is 0 Å². The van der Waals surface area contributed by atoms with Crippen molar-refractivity contribution in [2.75, 3.05) is 38.3 Å². The van der Waals surface area contributed by atoms with Crippen molar-refractivity contribution in [1.29, 1.82) is 0 Å². The van der Waals surface area contributed by atoms with Gasteiger partial charge in [-0.1, -0.05) is 0 Å². The van der Waals surface area contributed by atoms with Crippen LogP contribution in [0.15, 0.2) is 41.6 Å². The lowest BCUT2D eigenvalue weighted by molar-refractivity contribution is 0.171. The van der Waals surface area contributed by atoms with E-state index in [-0.39, 0.29) is 10.9 Å². The largest absolute Gasteiger partial charge is 0.486 e. The number of hydrogen-bond acceptors (Lipinski definition) is 8. The fraction of sp³-hybridized carbons (Fsp3) is 0.353. The lowest BCUT2D eigenvalue weighted by Gasteiger charge is -2.43.